The molecule has 1 aromatic heterocycles. The van der Waals surface area contributed by atoms with Crippen LogP contribution in [0.3, 0.4) is 0 Å². The van der Waals surface area contributed by atoms with Crippen molar-refractivity contribution in [1.29, 1.82) is 0 Å². The van der Waals surface area contributed by atoms with Gasteiger partial charge >= 0.3 is 0 Å². The largest absolute Gasteiger partial charge is 0.323 e. The van der Waals surface area contributed by atoms with Crippen molar-refractivity contribution in [3.63, 3.8) is 0 Å². The fourth-order valence-corrected chi connectivity index (χ4v) is 2.74. The van der Waals surface area contributed by atoms with Crippen molar-refractivity contribution >= 4 is 0 Å². The molecule has 0 saturated heterocycles. The van der Waals surface area contributed by atoms with Crippen LogP contribution < -0.4 is 5.73 Å². The van der Waals surface area contributed by atoms with Gasteiger partial charge < -0.3 is 5.73 Å². The van der Waals surface area contributed by atoms with Gasteiger partial charge in [0.25, 0.3) is 0 Å². The third kappa shape index (κ3) is 1.50. The third-order valence-corrected chi connectivity index (χ3v) is 3.81. The second kappa shape index (κ2) is 3.44. The molecule has 88 valence electrons. The number of benzene rings is 1. The molecule has 0 spiro atoms. The van der Waals surface area contributed by atoms with E-state index in [4.69, 9.17) is 5.73 Å². The highest BCUT2D eigenvalue weighted by molar-refractivity contribution is 5.67. The number of H-pyrrole nitrogens is 1. The molecule has 1 unspecified atom stereocenters. The highest BCUT2D eigenvalue weighted by Crippen LogP contribution is 2.46. The molecule has 0 bridgehead atoms. The molecular weight excluding hydrogens is 210 g/mol. The van der Waals surface area contributed by atoms with Gasteiger partial charge in [0.05, 0.1) is 5.69 Å². The lowest BCUT2D eigenvalue weighted by atomic mass is 9.86. The van der Waals surface area contributed by atoms with E-state index in [-0.39, 0.29) is 11.5 Å². The Labute approximate surface area is 101 Å². The average molecular weight is 227 g/mol. The van der Waals surface area contributed by atoms with Gasteiger partial charge in [-0.2, -0.15) is 5.10 Å². The minimum absolute atomic E-state index is 0.125. The molecule has 3 N–H and O–H groups in total. The van der Waals surface area contributed by atoms with Crippen LogP contribution in [-0.4, -0.2) is 10.2 Å². The first-order valence-corrected chi connectivity index (χ1v) is 5.97. The van der Waals surface area contributed by atoms with Gasteiger partial charge in [0.1, 0.15) is 0 Å². The SMILES string of the molecule is CC1(C)Cc2c(-c3ccn[nH]3)cccc2C1N. The number of aromatic amines is 1. The lowest BCUT2D eigenvalue weighted by molar-refractivity contribution is 0.319. The molecule has 1 heterocycles. The van der Waals surface area contributed by atoms with Crippen molar-refractivity contribution in [2.75, 3.05) is 0 Å². The number of nitrogens with two attached hydrogens (primary N) is 1. The van der Waals surface area contributed by atoms with Gasteiger partial charge in [0.15, 0.2) is 0 Å². The Kier molecular flexibility index (Phi) is 2.13. The highest BCUT2D eigenvalue weighted by Gasteiger charge is 2.37. The summed E-state index contributed by atoms with van der Waals surface area (Å²) in [5.74, 6) is 0. The first kappa shape index (κ1) is 10.5. The monoisotopic (exact) mass is 227 g/mol. The van der Waals surface area contributed by atoms with Crippen LogP contribution in [0.1, 0.15) is 31.0 Å². The van der Waals surface area contributed by atoms with E-state index < -0.39 is 0 Å². The third-order valence-electron chi connectivity index (χ3n) is 3.81. The molecule has 3 nitrogen and oxygen atoms in total. The van der Waals surface area contributed by atoms with Gasteiger partial charge in [-0.25, -0.2) is 0 Å². The number of rotatable bonds is 1. The van der Waals surface area contributed by atoms with Crippen LogP contribution in [0.4, 0.5) is 0 Å². The summed E-state index contributed by atoms with van der Waals surface area (Å²) in [6.45, 7) is 4.46. The lowest BCUT2D eigenvalue weighted by Crippen LogP contribution is -2.24. The van der Waals surface area contributed by atoms with Crippen molar-refractivity contribution in [2.24, 2.45) is 11.1 Å². The standard InChI is InChI=1S/C14H17N3/c1-14(2)8-11-9(12-6-7-16-17-12)4-3-5-10(11)13(14)15/h3-7,13H,8,15H2,1-2H3,(H,16,17). The van der Waals surface area contributed by atoms with Gasteiger partial charge in [-0.15, -0.1) is 0 Å². The van der Waals surface area contributed by atoms with Crippen molar-refractivity contribution in [3.05, 3.63) is 41.6 Å². The van der Waals surface area contributed by atoms with E-state index >= 15 is 0 Å². The molecule has 1 aliphatic rings. The maximum absolute atomic E-state index is 6.32. The van der Waals surface area contributed by atoms with Gasteiger partial charge in [-0.1, -0.05) is 32.0 Å². The second-order valence-electron chi connectivity index (χ2n) is 5.49. The summed E-state index contributed by atoms with van der Waals surface area (Å²) in [6.07, 6.45) is 2.81. The molecule has 3 rings (SSSR count). The summed E-state index contributed by atoms with van der Waals surface area (Å²) in [5.41, 5.74) is 11.4. The van der Waals surface area contributed by atoms with Crippen LogP contribution in [0, 0.1) is 5.41 Å². The minimum atomic E-state index is 0.125. The Morgan fingerprint density at radius 2 is 2.18 bits per heavy atom. The zero-order chi connectivity index (χ0) is 12.0. The van der Waals surface area contributed by atoms with Crippen LogP contribution in [-0.2, 0) is 6.42 Å². The first-order valence-electron chi connectivity index (χ1n) is 5.97. The molecule has 1 atom stereocenters. The van der Waals surface area contributed by atoms with E-state index in [9.17, 15) is 0 Å². The van der Waals surface area contributed by atoms with Crippen molar-refractivity contribution < 1.29 is 0 Å². The number of nitrogens with zero attached hydrogens (tertiary/aromatic N) is 1. The molecule has 0 radical (unpaired) electrons. The number of aromatic nitrogens is 2. The first-order chi connectivity index (χ1) is 8.09. The van der Waals surface area contributed by atoms with Gasteiger partial charge in [0.2, 0.25) is 0 Å². The summed E-state index contributed by atoms with van der Waals surface area (Å²) < 4.78 is 0. The maximum Gasteiger partial charge on any atom is 0.0653 e. The fourth-order valence-electron chi connectivity index (χ4n) is 2.74. The Morgan fingerprint density at radius 3 is 2.88 bits per heavy atom. The topological polar surface area (TPSA) is 54.7 Å². The zero-order valence-corrected chi connectivity index (χ0v) is 10.2. The van der Waals surface area contributed by atoms with E-state index in [1.165, 1.54) is 16.7 Å². The van der Waals surface area contributed by atoms with E-state index in [1.807, 2.05) is 6.07 Å². The van der Waals surface area contributed by atoms with E-state index in [2.05, 4.69) is 42.2 Å². The van der Waals surface area contributed by atoms with Crippen molar-refractivity contribution in [2.45, 2.75) is 26.3 Å². The summed E-state index contributed by atoms with van der Waals surface area (Å²) >= 11 is 0. The molecule has 0 saturated carbocycles. The number of hydrogen-bond acceptors (Lipinski definition) is 2. The predicted octanol–water partition coefficient (Wildman–Crippen LogP) is 2.66. The van der Waals surface area contributed by atoms with Gasteiger partial charge in [-0.3, -0.25) is 5.10 Å². The normalized spacial score (nSPS) is 21.5. The average Bonchev–Trinajstić information content (AvgIpc) is 2.87. The Bertz CT molecular complexity index is 541. The summed E-state index contributed by atoms with van der Waals surface area (Å²) in [4.78, 5) is 0. The van der Waals surface area contributed by atoms with Crippen LogP contribution in [0.2, 0.25) is 0 Å². The van der Waals surface area contributed by atoms with Crippen molar-refractivity contribution in [1.82, 2.24) is 10.2 Å². The van der Waals surface area contributed by atoms with Gasteiger partial charge in [0, 0.05) is 17.8 Å². The molecule has 0 fully saturated rings. The molecule has 0 amide bonds. The van der Waals surface area contributed by atoms with E-state index in [0.29, 0.717) is 0 Å². The lowest BCUT2D eigenvalue weighted by Gasteiger charge is -2.23. The van der Waals surface area contributed by atoms with E-state index in [0.717, 1.165) is 12.1 Å². The molecular formula is C14H17N3. The van der Waals surface area contributed by atoms with Crippen molar-refractivity contribution in [3.8, 4) is 11.3 Å². The van der Waals surface area contributed by atoms with Crippen LogP contribution in [0.25, 0.3) is 11.3 Å². The predicted molar refractivity (Wildman–Crippen MR) is 68.4 cm³/mol. The molecule has 1 aromatic carbocycles. The molecule has 3 heteroatoms. The minimum Gasteiger partial charge on any atom is -0.323 e. The van der Waals surface area contributed by atoms with Crippen LogP contribution in [0.5, 0.6) is 0 Å². The quantitative estimate of drug-likeness (QED) is 0.787. The Balaban J connectivity index is 2.18. The van der Waals surface area contributed by atoms with Gasteiger partial charge in [-0.05, 0) is 29.0 Å². The Hall–Kier alpha value is -1.61. The van der Waals surface area contributed by atoms with Crippen LogP contribution >= 0.6 is 0 Å². The number of hydrogen-bond donors (Lipinski definition) is 2. The highest BCUT2D eigenvalue weighted by atomic mass is 15.1. The number of nitrogens with one attached hydrogen (secondary N) is 1. The molecule has 17 heavy (non-hydrogen) atoms. The zero-order valence-electron chi connectivity index (χ0n) is 10.2. The summed E-state index contributed by atoms with van der Waals surface area (Å²) in [5, 5.41) is 7.06. The number of fused-ring (bicyclic) bond motifs is 1. The summed E-state index contributed by atoms with van der Waals surface area (Å²) in [7, 11) is 0. The maximum atomic E-state index is 6.32. The summed E-state index contributed by atoms with van der Waals surface area (Å²) in [6, 6.07) is 8.50. The molecule has 0 aliphatic heterocycles. The second-order valence-corrected chi connectivity index (χ2v) is 5.49. The fraction of sp³-hybridized carbons (Fsp3) is 0.357. The van der Waals surface area contributed by atoms with Crippen LogP contribution in [0.15, 0.2) is 30.5 Å². The molecule has 1 aliphatic carbocycles. The van der Waals surface area contributed by atoms with E-state index in [1.54, 1.807) is 6.20 Å². The Morgan fingerprint density at radius 1 is 1.35 bits per heavy atom. The molecule has 2 aromatic rings. The smallest absolute Gasteiger partial charge is 0.0653 e.